The van der Waals surface area contributed by atoms with E-state index in [1.54, 1.807) is 45.9 Å². The lowest BCUT2D eigenvalue weighted by Crippen LogP contribution is -2.02. The summed E-state index contributed by atoms with van der Waals surface area (Å²) in [5.74, 6) is 0. The zero-order valence-corrected chi connectivity index (χ0v) is 22.3. The Morgan fingerprint density at radius 3 is 1.49 bits per heavy atom. The Kier molecular flexibility index (Phi) is 11.5. The van der Waals surface area contributed by atoms with E-state index < -0.39 is 20.1 Å². The second-order valence-electron chi connectivity index (χ2n) is 7.47. The van der Waals surface area contributed by atoms with Gasteiger partial charge in [0, 0.05) is 12.1 Å². The van der Waals surface area contributed by atoms with Crippen LogP contribution in [0.2, 0.25) is 0 Å². The Morgan fingerprint density at radius 2 is 1.11 bits per heavy atom. The van der Waals surface area contributed by atoms with Gasteiger partial charge in [-0.3, -0.25) is 19.2 Å². The molecule has 0 aliphatic heterocycles. The molecule has 2 rings (SSSR count). The zero-order chi connectivity index (χ0) is 25.9. The van der Waals surface area contributed by atoms with E-state index in [0.717, 1.165) is 11.1 Å². The minimum Gasteiger partial charge on any atom is -0.309 e. The molecule has 0 radical (unpaired) electrons. The third-order valence-electron chi connectivity index (χ3n) is 4.70. The molecule has 0 N–H and O–H groups in total. The second-order valence-corrected chi connectivity index (χ2v) is 11.6. The Hall–Kier alpha value is -2.12. The van der Waals surface area contributed by atoms with Gasteiger partial charge in [-0.1, -0.05) is 30.4 Å². The van der Waals surface area contributed by atoms with Gasteiger partial charge >= 0.3 is 15.2 Å². The Bertz CT molecular complexity index is 1030. The molecular weight excluding hydrogens is 492 g/mol. The summed E-state index contributed by atoms with van der Waals surface area (Å²) < 4.78 is 48.1. The third-order valence-corrected chi connectivity index (χ3v) is 8.81. The normalized spacial score (nSPS) is 12.3. The van der Waals surface area contributed by atoms with Crippen LogP contribution in [-0.2, 0) is 39.5 Å². The van der Waals surface area contributed by atoms with Gasteiger partial charge in [0.1, 0.15) is 0 Å². The molecule has 0 amide bonds. The van der Waals surface area contributed by atoms with Gasteiger partial charge in [0.2, 0.25) is 0 Å². The summed E-state index contributed by atoms with van der Waals surface area (Å²) >= 11 is 0. The lowest BCUT2D eigenvalue weighted by atomic mass is 10.1. The Morgan fingerprint density at radius 1 is 0.714 bits per heavy atom. The Labute approximate surface area is 206 Å². The highest BCUT2D eigenvalue weighted by molar-refractivity contribution is 7.53. The van der Waals surface area contributed by atoms with Crippen molar-refractivity contribution < 1.29 is 32.1 Å². The van der Waals surface area contributed by atoms with Crippen molar-refractivity contribution in [3.05, 3.63) is 74.8 Å². The number of nitrogens with zero attached hydrogens (tertiary/aromatic N) is 1. The van der Waals surface area contributed by atoms with E-state index in [9.17, 15) is 19.2 Å². The van der Waals surface area contributed by atoms with Crippen LogP contribution in [0.5, 0.6) is 0 Å². The van der Waals surface area contributed by atoms with Crippen LogP contribution in [0.3, 0.4) is 0 Å². The SMILES string of the molecule is CCOP(=O)(Cc1cc(C=Cc2ccc([N+](=O)[O-])cc2)cc(CP(=O)(OCC)OCC)c1)OCC. The summed E-state index contributed by atoms with van der Waals surface area (Å²) in [6.45, 7) is 7.98. The minimum atomic E-state index is -3.37. The van der Waals surface area contributed by atoms with Crippen LogP contribution in [0, 0.1) is 10.1 Å². The van der Waals surface area contributed by atoms with E-state index in [4.69, 9.17) is 18.1 Å². The van der Waals surface area contributed by atoms with Gasteiger partial charge in [-0.25, -0.2) is 0 Å². The first-order chi connectivity index (χ1) is 16.7. The smallest absolute Gasteiger partial charge is 0.309 e. The van der Waals surface area contributed by atoms with E-state index in [-0.39, 0.29) is 44.4 Å². The van der Waals surface area contributed by atoms with Crippen molar-refractivity contribution >= 4 is 33.0 Å². The highest BCUT2D eigenvalue weighted by Gasteiger charge is 2.27. The molecule has 0 aliphatic rings. The highest BCUT2D eigenvalue weighted by Crippen LogP contribution is 2.53. The maximum absolute atomic E-state index is 13.1. The number of non-ortho nitro benzene ring substituents is 1. The standard InChI is InChI=1S/C24H33NO8P2/c1-5-30-34(28,31-6-2)18-22-15-21(10-9-20-11-13-24(14-12-20)25(26)27)16-23(17-22)19-35(29,32-7-3)33-8-4/h9-17H,5-8,18-19H2,1-4H3. The van der Waals surface area contributed by atoms with Crippen molar-refractivity contribution in [3.8, 4) is 0 Å². The van der Waals surface area contributed by atoms with Crippen molar-refractivity contribution in [3.63, 3.8) is 0 Å². The van der Waals surface area contributed by atoms with Crippen molar-refractivity contribution in [2.45, 2.75) is 40.0 Å². The molecule has 0 bridgehead atoms. The Balaban J connectivity index is 2.44. The molecule has 0 saturated carbocycles. The van der Waals surface area contributed by atoms with E-state index in [2.05, 4.69) is 0 Å². The lowest BCUT2D eigenvalue weighted by molar-refractivity contribution is -0.384. The molecule has 0 unspecified atom stereocenters. The minimum absolute atomic E-state index is 0.0108. The van der Waals surface area contributed by atoms with Crippen LogP contribution in [0.25, 0.3) is 12.2 Å². The van der Waals surface area contributed by atoms with Crippen LogP contribution in [0.1, 0.15) is 49.9 Å². The van der Waals surface area contributed by atoms with Gasteiger partial charge in [0.25, 0.3) is 5.69 Å². The molecule has 0 aromatic heterocycles. The molecular formula is C24H33NO8P2. The van der Waals surface area contributed by atoms with E-state index >= 15 is 0 Å². The van der Waals surface area contributed by atoms with E-state index in [1.807, 2.05) is 24.3 Å². The maximum Gasteiger partial charge on any atom is 0.335 e. The molecule has 2 aromatic carbocycles. The summed E-state index contributed by atoms with van der Waals surface area (Å²) in [6, 6.07) is 11.7. The van der Waals surface area contributed by atoms with E-state index in [0.29, 0.717) is 11.1 Å². The highest BCUT2D eigenvalue weighted by atomic mass is 31.2. The molecule has 192 valence electrons. The fourth-order valence-electron chi connectivity index (χ4n) is 3.46. The average molecular weight is 525 g/mol. The summed E-state index contributed by atoms with van der Waals surface area (Å²) in [5, 5.41) is 10.9. The molecule has 0 heterocycles. The second kappa shape index (κ2) is 13.8. The van der Waals surface area contributed by atoms with Crippen molar-refractivity contribution in [1.29, 1.82) is 0 Å². The van der Waals surface area contributed by atoms with Crippen molar-refractivity contribution in [2.24, 2.45) is 0 Å². The largest absolute Gasteiger partial charge is 0.335 e. The molecule has 0 fully saturated rings. The first-order valence-corrected chi connectivity index (χ1v) is 14.9. The van der Waals surface area contributed by atoms with E-state index in [1.165, 1.54) is 12.1 Å². The molecule has 0 saturated heterocycles. The molecule has 11 heteroatoms. The van der Waals surface area contributed by atoms with Gasteiger partial charge in [0.05, 0.1) is 43.7 Å². The predicted molar refractivity (Wildman–Crippen MR) is 138 cm³/mol. The van der Waals surface area contributed by atoms with Gasteiger partial charge < -0.3 is 18.1 Å². The van der Waals surface area contributed by atoms with Crippen LogP contribution in [0.15, 0.2) is 42.5 Å². The predicted octanol–water partition coefficient (Wildman–Crippen LogP) is 7.30. The van der Waals surface area contributed by atoms with Crippen LogP contribution in [-0.4, -0.2) is 31.4 Å². The first-order valence-electron chi connectivity index (χ1n) is 11.5. The average Bonchev–Trinajstić information content (AvgIpc) is 2.78. The summed E-state index contributed by atoms with van der Waals surface area (Å²) in [6.07, 6.45) is 3.73. The molecule has 0 aliphatic carbocycles. The molecule has 0 atom stereocenters. The molecule has 2 aromatic rings. The van der Waals surface area contributed by atoms with Crippen molar-refractivity contribution in [1.82, 2.24) is 0 Å². The van der Waals surface area contributed by atoms with Crippen LogP contribution >= 0.6 is 15.2 Å². The van der Waals surface area contributed by atoms with Gasteiger partial charge in [-0.15, -0.1) is 0 Å². The summed E-state index contributed by atoms with van der Waals surface area (Å²) in [4.78, 5) is 10.4. The van der Waals surface area contributed by atoms with Gasteiger partial charge in [-0.2, -0.15) is 0 Å². The van der Waals surface area contributed by atoms with Crippen LogP contribution < -0.4 is 0 Å². The number of nitro groups is 1. The number of hydrogen-bond acceptors (Lipinski definition) is 8. The molecule has 0 spiro atoms. The van der Waals surface area contributed by atoms with Crippen LogP contribution in [0.4, 0.5) is 5.69 Å². The molecule has 9 nitrogen and oxygen atoms in total. The lowest BCUT2D eigenvalue weighted by Gasteiger charge is -2.19. The first kappa shape index (κ1) is 29.1. The maximum atomic E-state index is 13.1. The quantitative estimate of drug-likeness (QED) is 0.103. The summed E-state index contributed by atoms with van der Waals surface area (Å²) in [5.41, 5.74) is 2.92. The number of hydrogen-bond donors (Lipinski definition) is 0. The third kappa shape index (κ3) is 9.45. The topological polar surface area (TPSA) is 114 Å². The fourth-order valence-corrected chi connectivity index (χ4v) is 6.81. The molecule has 35 heavy (non-hydrogen) atoms. The number of rotatable bonds is 15. The fraction of sp³-hybridized carbons (Fsp3) is 0.417. The summed E-state index contributed by atoms with van der Waals surface area (Å²) in [7, 11) is -6.74. The monoisotopic (exact) mass is 525 g/mol. The number of nitro benzene ring substituents is 1. The van der Waals surface area contributed by atoms with Crippen molar-refractivity contribution in [2.75, 3.05) is 26.4 Å². The van der Waals surface area contributed by atoms with Gasteiger partial charge in [-0.05, 0) is 62.1 Å². The zero-order valence-electron chi connectivity index (χ0n) is 20.5. The van der Waals surface area contributed by atoms with Gasteiger partial charge in [0.15, 0.2) is 0 Å². The number of benzene rings is 2.